The Balaban J connectivity index is 1.54. The molecule has 0 unspecified atom stereocenters. The van der Waals surface area contributed by atoms with Crippen molar-refractivity contribution in [2.45, 2.75) is 19.4 Å². The van der Waals surface area contributed by atoms with Crippen LogP contribution in [0.1, 0.15) is 24.4 Å². The molecule has 130 valence electrons. The van der Waals surface area contributed by atoms with Crippen LogP contribution < -0.4 is 0 Å². The maximum absolute atomic E-state index is 12.4. The number of carbonyl (C=O) groups is 1. The van der Waals surface area contributed by atoms with Gasteiger partial charge in [0.1, 0.15) is 5.01 Å². The van der Waals surface area contributed by atoms with Crippen LogP contribution in [0.5, 0.6) is 0 Å². The lowest BCUT2D eigenvalue weighted by Gasteiger charge is -2.33. The number of aromatic nitrogens is 1. The van der Waals surface area contributed by atoms with Gasteiger partial charge in [-0.05, 0) is 33.2 Å². The number of amides is 1. The van der Waals surface area contributed by atoms with E-state index in [-0.39, 0.29) is 11.9 Å². The van der Waals surface area contributed by atoms with Gasteiger partial charge in [-0.1, -0.05) is 12.1 Å². The first kappa shape index (κ1) is 17.3. The van der Waals surface area contributed by atoms with Crippen molar-refractivity contribution in [3.63, 3.8) is 0 Å². The van der Waals surface area contributed by atoms with Gasteiger partial charge in [-0.3, -0.25) is 9.69 Å². The number of thiazole rings is 1. The summed E-state index contributed by atoms with van der Waals surface area (Å²) in [6, 6.07) is 8.46. The predicted molar refractivity (Wildman–Crippen MR) is 99.4 cm³/mol. The molecule has 24 heavy (non-hydrogen) atoms. The van der Waals surface area contributed by atoms with Crippen molar-refractivity contribution < 1.29 is 4.79 Å². The molecule has 0 N–H and O–H groups in total. The molecule has 6 heteroatoms. The summed E-state index contributed by atoms with van der Waals surface area (Å²) in [7, 11) is 4.18. The van der Waals surface area contributed by atoms with Crippen LogP contribution in [-0.2, 0) is 4.79 Å². The summed E-state index contributed by atoms with van der Waals surface area (Å²) in [5, 5.41) is 1.12. The number of hydrogen-bond acceptors (Lipinski definition) is 5. The van der Waals surface area contributed by atoms with E-state index >= 15 is 0 Å². The maximum atomic E-state index is 12.4. The molecule has 1 aliphatic rings. The highest BCUT2D eigenvalue weighted by atomic mass is 32.1. The third-order valence-corrected chi connectivity index (χ3v) is 6.07. The minimum Gasteiger partial charge on any atom is -0.340 e. The van der Waals surface area contributed by atoms with Crippen molar-refractivity contribution in [1.29, 1.82) is 0 Å². The van der Waals surface area contributed by atoms with Crippen LogP contribution in [0.3, 0.4) is 0 Å². The van der Waals surface area contributed by atoms with Crippen molar-refractivity contribution in [1.82, 2.24) is 19.7 Å². The highest BCUT2D eigenvalue weighted by molar-refractivity contribution is 7.18. The molecule has 0 spiro atoms. The Hall–Kier alpha value is -1.50. The average molecular weight is 347 g/mol. The number of para-hydroxylation sites is 1. The first-order valence-corrected chi connectivity index (χ1v) is 9.38. The molecule has 0 saturated carbocycles. The van der Waals surface area contributed by atoms with E-state index in [9.17, 15) is 4.79 Å². The molecule has 0 aliphatic carbocycles. The van der Waals surface area contributed by atoms with Crippen molar-refractivity contribution >= 4 is 27.5 Å². The Morgan fingerprint density at radius 1 is 1.29 bits per heavy atom. The van der Waals surface area contributed by atoms with Gasteiger partial charge in [-0.15, -0.1) is 11.3 Å². The fourth-order valence-corrected chi connectivity index (χ4v) is 4.02. The number of nitrogens with zero attached hydrogens (tertiary/aromatic N) is 4. The summed E-state index contributed by atoms with van der Waals surface area (Å²) in [4.78, 5) is 23.6. The number of fused-ring (bicyclic) bond motifs is 1. The van der Waals surface area contributed by atoms with Gasteiger partial charge in [0.15, 0.2) is 0 Å². The summed E-state index contributed by atoms with van der Waals surface area (Å²) in [6.07, 6.45) is 0.579. The van der Waals surface area contributed by atoms with E-state index in [1.165, 1.54) is 4.70 Å². The summed E-state index contributed by atoms with van der Waals surface area (Å²) < 4.78 is 1.22. The molecule has 5 nitrogen and oxygen atoms in total. The zero-order valence-corrected chi connectivity index (χ0v) is 15.6. The predicted octanol–water partition coefficient (Wildman–Crippen LogP) is 2.45. The van der Waals surface area contributed by atoms with Crippen molar-refractivity contribution in [2.24, 2.45) is 0 Å². The number of carbonyl (C=O) groups excluding carboxylic acids is 1. The van der Waals surface area contributed by atoms with E-state index in [0.29, 0.717) is 6.42 Å². The molecule has 2 heterocycles. The van der Waals surface area contributed by atoms with Gasteiger partial charge < -0.3 is 9.80 Å². The zero-order chi connectivity index (χ0) is 17.1. The number of piperazine rings is 1. The minimum absolute atomic E-state index is 0.225. The third-order valence-electron chi connectivity index (χ3n) is 4.86. The second-order valence-electron chi connectivity index (χ2n) is 6.61. The maximum Gasteiger partial charge on any atom is 0.223 e. The van der Waals surface area contributed by atoms with E-state index in [0.717, 1.165) is 43.2 Å². The van der Waals surface area contributed by atoms with Gasteiger partial charge in [0.05, 0.1) is 16.3 Å². The topological polar surface area (TPSA) is 39.7 Å². The Bertz CT molecular complexity index is 660. The first-order valence-electron chi connectivity index (χ1n) is 8.56. The monoisotopic (exact) mass is 346 g/mol. The largest absolute Gasteiger partial charge is 0.340 e. The molecule has 3 rings (SSSR count). The van der Waals surface area contributed by atoms with Crippen LogP contribution in [0.4, 0.5) is 0 Å². The van der Waals surface area contributed by atoms with Gasteiger partial charge in [-0.2, -0.15) is 0 Å². The number of benzene rings is 1. The van der Waals surface area contributed by atoms with Gasteiger partial charge >= 0.3 is 0 Å². The van der Waals surface area contributed by atoms with Crippen LogP contribution in [0, 0.1) is 0 Å². The fourth-order valence-electron chi connectivity index (χ4n) is 2.94. The fraction of sp³-hybridized carbons (Fsp3) is 0.556. The lowest BCUT2D eigenvalue weighted by molar-refractivity contribution is -0.133. The third kappa shape index (κ3) is 3.94. The summed E-state index contributed by atoms with van der Waals surface area (Å²) in [6.45, 7) is 6.59. The van der Waals surface area contributed by atoms with Crippen LogP contribution in [-0.4, -0.2) is 72.4 Å². The number of hydrogen-bond donors (Lipinski definition) is 0. The zero-order valence-electron chi connectivity index (χ0n) is 14.7. The molecule has 1 saturated heterocycles. The van der Waals surface area contributed by atoms with Gasteiger partial charge in [0, 0.05) is 39.1 Å². The smallest absolute Gasteiger partial charge is 0.223 e. The van der Waals surface area contributed by atoms with Crippen molar-refractivity contribution in [2.75, 3.05) is 46.8 Å². The normalized spacial score (nSPS) is 17.6. The molecular weight excluding hydrogens is 320 g/mol. The number of likely N-dealkylation sites (N-methyl/N-ethyl adjacent to an activating group) is 1. The lowest BCUT2D eigenvalue weighted by atomic mass is 10.2. The molecule has 1 aliphatic heterocycles. The van der Waals surface area contributed by atoms with Crippen molar-refractivity contribution in [3.8, 4) is 0 Å². The Kier molecular flexibility index (Phi) is 5.48. The Labute approximate surface area is 147 Å². The number of rotatable bonds is 5. The molecule has 1 atom stereocenters. The summed E-state index contributed by atoms with van der Waals surface area (Å²) >= 11 is 1.74. The van der Waals surface area contributed by atoms with E-state index in [1.54, 1.807) is 11.3 Å². The van der Waals surface area contributed by atoms with Gasteiger partial charge in [-0.25, -0.2) is 4.98 Å². The molecule has 1 fully saturated rings. The second kappa shape index (κ2) is 7.59. The van der Waals surface area contributed by atoms with Crippen LogP contribution in [0.25, 0.3) is 10.2 Å². The SMILES string of the molecule is C[C@H](c1nc2ccccc2s1)N(C)CCC(=O)N1CCN(C)CC1. The van der Waals surface area contributed by atoms with E-state index in [1.807, 2.05) is 17.0 Å². The minimum atomic E-state index is 0.225. The first-order chi connectivity index (χ1) is 11.5. The van der Waals surface area contributed by atoms with E-state index in [2.05, 4.69) is 43.0 Å². The highest BCUT2D eigenvalue weighted by Gasteiger charge is 2.21. The molecular formula is C18H26N4OS. The molecule has 0 radical (unpaired) electrons. The standard InChI is InChI=1S/C18H26N4OS/c1-14(18-19-15-6-4-5-7-16(15)24-18)21(3)9-8-17(23)22-12-10-20(2)11-13-22/h4-7,14H,8-13H2,1-3H3/t14-/m1/s1. The summed E-state index contributed by atoms with van der Waals surface area (Å²) in [5.41, 5.74) is 1.06. The lowest BCUT2D eigenvalue weighted by Crippen LogP contribution is -2.47. The molecule has 2 aromatic rings. The van der Waals surface area contributed by atoms with E-state index in [4.69, 9.17) is 4.98 Å². The second-order valence-corrected chi connectivity index (χ2v) is 7.67. The Morgan fingerprint density at radius 3 is 2.71 bits per heavy atom. The van der Waals surface area contributed by atoms with Gasteiger partial charge in [0.25, 0.3) is 0 Å². The molecule has 1 aromatic carbocycles. The van der Waals surface area contributed by atoms with Crippen molar-refractivity contribution in [3.05, 3.63) is 29.3 Å². The van der Waals surface area contributed by atoms with Crippen LogP contribution in [0.2, 0.25) is 0 Å². The molecule has 1 amide bonds. The van der Waals surface area contributed by atoms with Crippen LogP contribution >= 0.6 is 11.3 Å². The Morgan fingerprint density at radius 2 is 2.00 bits per heavy atom. The summed E-state index contributed by atoms with van der Waals surface area (Å²) in [5.74, 6) is 0.270. The average Bonchev–Trinajstić information content (AvgIpc) is 3.03. The quantitative estimate of drug-likeness (QED) is 0.834. The molecule has 1 aromatic heterocycles. The molecule has 0 bridgehead atoms. The van der Waals surface area contributed by atoms with Crippen LogP contribution in [0.15, 0.2) is 24.3 Å². The van der Waals surface area contributed by atoms with E-state index < -0.39 is 0 Å². The van der Waals surface area contributed by atoms with Gasteiger partial charge in [0.2, 0.25) is 5.91 Å². The highest BCUT2D eigenvalue weighted by Crippen LogP contribution is 2.28.